The number of likely N-dealkylation sites (tertiary alicyclic amines) is 1. The third-order valence-electron chi connectivity index (χ3n) is 4.33. The summed E-state index contributed by atoms with van der Waals surface area (Å²) in [5, 5.41) is 0. The lowest BCUT2D eigenvalue weighted by molar-refractivity contribution is -0.129. The van der Waals surface area contributed by atoms with Gasteiger partial charge < -0.3 is 4.90 Å². The molecule has 2 aliphatic rings. The fourth-order valence-electron chi connectivity index (χ4n) is 3.05. The van der Waals surface area contributed by atoms with Gasteiger partial charge in [0.15, 0.2) is 0 Å². The molecule has 2 unspecified atom stereocenters. The summed E-state index contributed by atoms with van der Waals surface area (Å²) in [7, 11) is 0. The van der Waals surface area contributed by atoms with E-state index in [-0.39, 0.29) is 0 Å². The van der Waals surface area contributed by atoms with Crippen LogP contribution in [-0.4, -0.2) is 23.9 Å². The van der Waals surface area contributed by atoms with E-state index in [0.717, 1.165) is 44.3 Å². The van der Waals surface area contributed by atoms with Crippen molar-refractivity contribution in [1.82, 2.24) is 4.90 Å². The highest BCUT2D eigenvalue weighted by Gasteiger charge is 2.25. The van der Waals surface area contributed by atoms with Gasteiger partial charge in [-0.2, -0.15) is 0 Å². The van der Waals surface area contributed by atoms with E-state index in [0.29, 0.717) is 17.7 Å². The zero-order chi connectivity index (χ0) is 13.1. The van der Waals surface area contributed by atoms with E-state index in [4.69, 9.17) is 0 Å². The Kier molecular flexibility index (Phi) is 4.26. The molecule has 0 N–H and O–H groups in total. The first-order valence-corrected chi connectivity index (χ1v) is 7.21. The Balaban J connectivity index is 1.95. The molecule has 0 aromatic rings. The van der Waals surface area contributed by atoms with E-state index in [1.807, 2.05) is 0 Å². The van der Waals surface area contributed by atoms with Crippen LogP contribution in [0.1, 0.15) is 46.0 Å². The molecule has 0 radical (unpaired) electrons. The standard InChI is InChI=1S/C16H25NO/c1-12(2)14-6-8-15(9-7-14)16(18)17-10-4-5-13(3)11-17/h8,13-14H,1,4-7,9-11H2,2-3H3. The maximum absolute atomic E-state index is 12.4. The molecule has 2 heteroatoms. The Hall–Kier alpha value is -1.05. The van der Waals surface area contributed by atoms with Crippen LogP contribution in [0.2, 0.25) is 0 Å². The molecule has 1 fully saturated rings. The fraction of sp³-hybridized carbons (Fsp3) is 0.688. The normalized spacial score (nSPS) is 28.8. The molecule has 1 heterocycles. The summed E-state index contributed by atoms with van der Waals surface area (Å²) in [6, 6.07) is 0. The van der Waals surface area contributed by atoms with Crippen molar-refractivity contribution in [3.05, 3.63) is 23.8 Å². The largest absolute Gasteiger partial charge is 0.339 e. The Bertz CT molecular complexity index is 369. The van der Waals surface area contributed by atoms with Crippen LogP contribution in [0.15, 0.2) is 23.8 Å². The lowest BCUT2D eigenvalue weighted by atomic mass is 9.85. The number of carbonyl (C=O) groups excluding carboxylic acids is 1. The number of amides is 1. The molecular weight excluding hydrogens is 222 g/mol. The van der Waals surface area contributed by atoms with E-state index in [1.165, 1.54) is 12.0 Å². The lowest BCUT2D eigenvalue weighted by Crippen LogP contribution is -2.40. The van der Waals surface area contributed by atoms with Gasteiger partial charge in [0.25, 0.3) is 0 Å². The summed E-state index contributed by atoms with van der Waals surface area (Å²) in [5.74, 6) is 1.54. The minimum Gasteiger partial charge on any atom is -0.339 e. The highest BCUT2D eigenvalue weighted by molar-refractivity contribution is 5.93. The topological polar surface area (TPSA) is 20.3 Å². The van der Waals surface area contributed by atoms with Gasteiger partial charge in [0.1, 0.15) is 0 Å². The predicted octanol–water partition coefficient (Wildman–Crippen LogP) is 3.55. The van der Waals surface area contributed by atoms with Crippen LogP contribution in [0.3, 0.4) is 0 Å². The van der Waals surface area contributed by atoms with Crippen molar-refractivity contribution in [2.45, 2.75) is 46.0 Å². The summed E-state index contributed by atoms with van der Waals surface area (Å²) >= 11 is 0. The Morgan fingerprint density at radius 2 is 2.22 bits per heavy atom. The average Bonchev–Trinajstić information content (AvgIpc) is 2.38. The first-order valence-electron chi connectivity index (χ1n) is 7.21. The highest BCUT2D eigenvalue weighted by atomic mass is 16.2. The lowest BCUT2D eigenvalue weighted by Gasteiger charge is -2.33. The Morgan fingerprint density at radius 3 is 2.78 bits per heavy atom. The summed E-state index contributed by atoms with van der Waals surface area (Å²) in [4.78, 5) is 14.5. The molecule has 100 valence electrons. The van der Waals surface area contributed by atoms with E-state index < -0.39 is 0 Å². The van der Waals surface area contributed by atoms with Gasteiger partial charge >= 0.3 is 0 Å². The Morgan fingerprint density at radius 1 is 1.44 bits per heavy atom. The second-order valence-electron chi connectivity index (χ2n) is 6.05. The van der Waals surface area contributed by atoms with Gasteiger partial charge in [-0.3, -0.25) is 4.79 Å². The van der Waals surface area contributed by atoms with Crippen molar-refractivity contribution < 1.29 is 4.79 Å². The molecule has 2 nitrogen and oxygen atoms in total. The molecule has 0 bridgehead atoms. The van der Waals surface area contributed by atoms with E-state index >= 15 is 0 Å². The third-order valence-corrected chi connectivity index (χ3v) is 4.33. The average molecular weight is 247 g/mol. The number of hydrogen-bond acceptors (Lipinski definition) is 1. The number of nitrogens with zero attached hydrogens (tertiary/aromatic N) is 1. The van der Waals surface area contributed by atoms with Gasteiger partial charge in [-0.15, -0.1) is 0 Å². The van der Waals surface area contributed by atoms with Crippen molar-refractivity contribution in [2.75, 3.05) is 13.1 Å². The van der Waals surface area contributed by atoms with E-state index in [9.17, 15) is 4.79 Å². The quantitative estimate of drug-likeness (QED) is 0.683. The molecule has 0 saturated carbocycles. The van der Waals surface area contributed by atoms with Crippen molar-refractivity contribution in [1.29, 1.82) is 0 Å². The monoisotopic (exact) mass is 247 g/mol. The summed E-state index contributed by atoms with van der Waals surface area (Å²) in [5.41, 5.74) is 2.30. The summed E-state index contributed by atoms with van der Waals surface area (Å²) in [6.45, 7) is 10.3. The van der Waals surface area contributed by atoms with Crippen LogP contribution in [0.4, 0.5) is 0 Å². The molecule has 0 spiro atoms. The maximum atomic E-state index is 12.4. The van der Waals surface area contributed by atoms with Gasteiger partial charge in [-0.05, 0) is 50.9 Å². The zero-order valence-corrected chi connectivity index (χ0v) is 11.7. The number of hydrogen-bond donors (Lipinski definition) is 0. The molecule has 0 aromatic heterocycles. The molecular formula is C16H25NO. The first kappa shape index (κ1) is 13.4. The van der Waals surface area contributed by atoms with Crippen LogP contribution in [-0.2, 0) is 4.79 Å². The van der Waals surface area contributed by atoms with Crippen molar-refractivity contribution in [3.8, 4) is 0 Å². The maximum Gasteiger partial charge on any atom is 0.249 e. The van der Waals surface area contributed by atoms with Crippen LogP contribution in [0.25, 0.3) is 0 Å². The van der Waals surface area contributed by atoms with Gasteiger partial charge in [0, 0.05) is 18.7 Å². The van der Waals surface area contributed by atoms with Crippen LogP contribution < -0.4 is 0 Å². The van der Waals surface area contributed by atoms with Gasteiger partial charge in [-0.25, -0.2) is 0 Å². The van der Waals surface area contributed by atoms with Crippen LogP contribution in [0, 0.1) is 11.8 Å². The molecule has 2 atom stereocenters. The molecule has 18 heavy (non-hydrogen) atoms. The van der Waals surface area contributed by atoms with Gasteiger partial charge in [0.2, 0.25) is 5.91 Å². The number of piperidine rings is 1. The van der Waals surface area contributed by atoms with Gasteiger partial charge in [0.05, 0.1) is 0 Å². The van der Waals surface area contributed by atoms with E-state index in [2.05, 4.69) is 31.4 Å². The molecule has 2 rings (SSSR count). The highest BCUT2D eigenvalue weighted by Crippen LogP contribution is 2.29. The van der Waals surface area contributed by atoms with Gasteiger partial charge in [-0.1, -0.05) is 25.2 Å². The minimum atomic E-state index is 0.293. The molecule has 1 aliphatic heterocycles. The SMILES string of the molecule is C=C(C)C1CC=C(C(=O)N2CCCC(C)C2)CC1. The second kappa shape index (κ2) is 5.73. The van der Waals surface area contributed by atoms with Crippen molar-refractivity contribution >= 4 is 5.91 Å². The summed E-state index contributed by atoms with van der Waals surface area (Å²) in [6.07, 6.45) is 7.61. The van der Waals surface area contributed by atoms with Crippen molar-refractivity contribution in [3.63, 3.8) is 0 Å². The Labute approximate surface area is 111 Å². The van der Waals surface area contributed by atoms with Crippen molar-refractivity contribution in [2.24, 2.45) is 11.8 Å². The second-order valence-corrected chi connectivity index (χ2v) is 6.05. The third kappa shape index (κ3) is 3.04. The smallest absolute Gasteiger partial charge is 0.249 e. The number of carbonyl (C=O) groups is 1. The number of rotatable bonds is 2. The first-order chi connectivity index (χ1) is 8.58. The minimum absolute atomic E-state index is 0.293. The fourth-order valence-corrected chi connectivity index (χ4v) is 3.05. The molecule has 1 saturated heterocycles. The zero-order valence-electron chi connectivity index (χ0n) is 11.7. The van der Waals surface area contributed by atoms with Crippen LogP contribution in [0.5, 0.6) is 0 Å². The van der Waals surface area contributed by atoms with E-state index in [1.54, 1.807) is 0 Å². The van der Waals surface area contributed by atoms with Crippen LogP contribution >= 0.6 is 0 Å². The summed E-state index contributed by atoms with van der Waals surface area (Å²) < 4.78 is 0. The molecule has 1 aliphatic carbocycles. The predicted molar refractivity (Wildman–Crippen MR) is 75.2 cm³/mol. The number of allylic oxidation sites excluding steroid dienone is 2. The molecule has 1 amide bonds. The molecule has 0 aromatic carbocycles.